The zero-order valence-electron chi connectivity index (χ0n) is 10.9. The summed E-state index contributed by atoms with van der Waals surface area (Å²) < 4.78 is 5.92. The summed E-state index contributed by atoms with van der Waals surface area (Å²) >= 11 is 5.87. The number of fused-ring (bicyclic) bond motifs is 1. The van der Waals surface area contributed by atoms with Gasteiger partial charge < -0.3 is 14.4 Å². The van der Waals surface area contributed by atoms with Gasteiger partial charge in [-0.15, -0.1) is 0 Å². The number of ketones is 1. The van der Waals surface area contributed by atoms with Crippen molar-refractivity contribution in [1.82, 2.24) is 4.57 Å². The minimum atomic E-state index is -0.424. The van der Waals surface area contributed by atoms with E-state index in [1.807, 2.05) is 0 Å². The summed E-state index contributed by atoms with van der Waals surface area (Å²) in [5, 5.41) is 12.0. The molecule has 5 nitrogen and oxygen atoms in total. The third kappa shape index (κ3) is 3.11. The van der Waals surface area contributed by atoms with Crippen molar-refractivity contribution in [3.63, 3.8) is 0 Å². The monoisotopic (exact) mass is 295 g/mol. The molecule has 6 heteroatoms. The fourth-order valence-electron chi connectivity index (χ4n) is 1.95. The highest BCUT2D eigenvalue weighted by Crippen LogP contribution is 2.29. The molecule has 0 unspecified atom stereocenters. The summed E-state index contributed by atoms with van der Waals surface area (Å²) in [4.78, 5) is 22.7. The molecule has 1 aromatic carbocycles. The highest BCUT2D eigenvalue weighted by molar-refractivity contribution is 6.31. The van der Waals surface area contributed by atoms with Crippen molar-refractivity contribution in [3.8, 4) is 5.88 Å². The number of methoxy groups -OCH3 is 1. The first-order chi connectivity index (χ1) is 9.51. The number of hydrogen-bond donors (Lipinski definition) is 1. The third-order valence-corrected chi connectivity index (χ3v) is 3.24. The Balaban J connectivity index is 2.11. The van der Waals surface area contributed by atoms with Crippen LogP contribution in [0.3, 0.4) is 0 Å². The van der Waals surface area contributed by atoms with Crippen molar-refractivity contribution >= 4 is 34.1 Å². The molecule has 106 valence electrons. The van der Waals surface area contributed by atoms with Gasteiger partial charge in [-0.3, -0.25) is 9.59 Å². The quantitative estimate of drug-likeness (QED) is 0.861. The Kier molecular flexibility index (Phi) is 4.29. The molecule has 1 aromatic heterocycles. The first-order valence-electron chi connectivity index (χ1n) is 6.07. The van der Waals surface area contributed by atoms with Gasteiger partial charge in [-0.25, -0.2) is 0 Å². The van der Waals surface area contributed by atoms with Crippen molar-refractivity contribution in [3.05, 3.63) is 29.4 Å². The average molecular weight is 296 g/mol. The highest BCUT2D eigenvalue weighted by atomic mass is 35.5. The van der Waals surface area contributed by atoms with Crippen molar-refractivity contribution in [2.75, 3.05) is 7.11 Å². The fraction of sp³-hybridized carbons (Fsp3) is 0.286. The predicted octanol–water partition coefficient (Wildman–Crippen LogP) is 2.52. The second-order valence-electron chi connectivity index (χ2n) is 4.43. The van der Waals surface area contributed by atoms with Gasteiger partial charge in [0, 0.05) is 28.4 Å². The Morgan fingerprint density at radius 3 is 2.80 bits per heavy atom. The first-order valence-corrected chi connectivity index (χ1v) is 6.45. The van der Waals surface area contributed by atoms with E-state index in [1.54, 1.807) is 24.4 Å². The van der Waals surface area contributed by atoms with Gasteiger partial charge in [-0.2, -0.15) is 0 Å². The van der Waals surface area contributed by atoms with E-state index in [9.17, 15) is 14.7 Å². The van der Waals surface area contributed by atoms with Crippen molar-refractivity contribution in [2.45, 2.75) is 19.4 Å². The van der Waals surface area contributed by atoms with Gasteiger partial charge in [0.2, 0.25) is 0 Å². The van der Waals surface area contributed by atoms with E-state index in [0.29, 0.717) is 10.4 Å². The van der Waals surface area contributed by atoms with Crippen LogP contribution in [0, 0.1) is 0 Å². The Morgan fingerprint density at radius 2 is 2.10 bits per heavy atom. The summed E-state index contributed by atoms with van der Waals surface area (Å²) in [7, 11) is 1.28. The summed E-state index contributed by atoms with van der Waals surface area (Å²) in [5.41, 5.74) is 0. The maximum atomic E-state index is 11.8. The zero-order valence-corrected chi connectivity index (χ0v) is 11.7. The van der Waals surface area contributed by atoms with E-state index in [0.717, 1.165) is 5.39 Å². The predicted molar refractivity (Wildman–Crippen MR) is 74.9 cm³/mol. The van der Waals surface area contributed by atoms with Gasteiger partial charge in [0.05, 0.1) is 20.1 Å². The van der Waals surface area contributed by atoms with E-state index in [4.69, 9.17) is 11.6 Å². The molecule has 0 spiro atoms. The van der Waals surface area contributed by atoms with E-state index >= 15 is 0 Å². The number of nitrogens with zero attached hydrogens (tertiary/aromatic N) is 1. The summed E-state index contributed by atoms with van der Waals surface area (Å²) in [6.07, 6.45) is 1.81. The number of aromatic hydroxyl groups is 1. The van der Waals surface area contributed by atoms with Crippen LogP contribution >= 0.6 is 11.6 Å². The highest BCUT2D eigenvalue weighted by Gasteiger charge is 2.13. The molecule has 0 fully saturated rings. The second-order valence-corrected chi connectivity index (χ2v) is 4.86. The molecule has 2 aromatic rings. The number of rotatable bonds is 5. The molecule has 2 rings (SSSR count). The molecule has 0 aliphatic heterocycles. The molecule has 1 N–H and O–H groups in total. The largest absolute Gasteiger partial charge is 0.494 e. The van der Waals surface area contributed by atoms with Crippen LogP contribution in [0.25, 0.3) is 10.8 Å². The van der Waals surface area contributed by atoms with E-state index in [1.165, 1.54) is 11.7 Å². The Hall–Kier alpha value is -2.01. The Morgan fingerprint density at radius 1 is 1.35 bits per heavy atom. The number of aromatic nitrogens is 1. The molecule has 0 radical (unpaired) electrons. The number of carbonyl (C=O) groups excluding carboxylic acids is 2. The molecule has 0 bridgehead atoms. The fourth-order valence-corrected chi connectivity index (χ4v) is 2.12. The maximum Gasteiger partial charge on any atom is 0.305 e. The van der Waals surface area contributed by atoms with Gasteiger partial charge >= 0.3 is 5.97 Å². The lowest BCUT2D eigenvalue weighted by atomic mass is 10.2. The van der Waals surface area contributed by atoms with Crippen LogP contribution in [0.4, 0.5) is 0 Å². The van der Waals surface area contributed by atoms with Gasteiger partial charge in [0.1, 0.15) is 0 Å². The van der Waals surface area contributed by atoms with Gasteiger partial charge in [-0.05, 0) is 12.1 Å². The lowest BCUT2D eigenvalue weighted by molar-refractivity contribution is -0.142. The number of esters is 1. The van der Waals surface area contributed by atoms with Crippen LogP contribution in [0.1, 0.15) is 12.8 Å². The SMILES string of the molecule is COC(=O)CCC(=O)Cn1cc2ccc(Cl)cc2c1O. The Labute approximate surface area is 120 Å². The van der Waals surface area contributed by atoms with Gasteiger partial charge in [0.25, 0.3) is 0 Å². The number of halogens is 1. The molecule has 0 saturated heterocycles. The van der Waals surface area contributed by atoms with Crippen LogP contribution in [0.5, 0.6) is 5.88 Å². The molecular formula is C14H14ClNO4. The normalized spacial score (nSPS) is 10.7. The number of hydrogen-bond acceptors (Lipinski definition) is 4. The van der Waals surface area contributed by atoms with Crippen LogP contribution in [0.2, 0.25) is 5.02 Å². The van der Waals surface area contributed by atoms with Crippen LogP contribution < -0.4 is 0 Å². The van der Waals surface area contributed by atoms with Crippen LogP contribution in [-0.2, 0) is 20.9 Å². The molecule has 0 saturated carbocycles. The molecule has 0 amide bonds. The number of Topliss-reactive ketones (excluding diaryl/α,β-unsaturated/α-hetero) is 1. The Bertz CT molecular complexity index is 662. The topological polar surface area (TPSA) is 68.5 Å². The van der Waals surface area contributed by atoms with Crippen LogP contribution in [0.15, 0.2) is 24.4 Å². The van der Waals surface area contributed by atoms with E-state index in [-0.39, 0.29) is 31.0 Å². The number of carbonyl (C=O) groups is 2. The molecule has 20 heavy (non-hydrogen) atoms. The molecule has 1 heterocycles. The van der Waals surface area contributed by atoms with E-state index in [2.05, 4.69) is 4.74 Å². The smallest absolute Gasteiger partial charge is 0.305 e. The maximum absolute atomic E-state index is 11.8. The zero-order chi connectivity index (χ0) is 14.7. The lowest BCUT2D eigenvalue weighted by Crippen LogP contribution is -2.11. The second kappa shape index (κ2) is 5.96. The number of benzene rings is 1. The van der Waals surface area contributed by atoms with Gasteiger partial charge in [-0.1, -0.05) is 17.7 Å². The van der Waals surface area contributed by atoms with Gasteiger partial charge in [0.15, 0.2) is 11.7 Å². The summed E-state index contributed by atoms with van der Waals surface area (Å²) in [6.45, 7) is 0.00905. The van der Waals surface area contributed by atoms with Crippen molar-refractivity contribution < 1.29 is 19.4 Å². The standard InChI is InChI=1S/C14H14ClNO4/c1-20-13(18)5-4-11(17)8-16-7-9-2-3-10(15)6-12(9)14(16)19/h2-3,6-7,19H,4-5,8H2,1H3. The molecule has 0 atom stereocenters. The summed E-state index contributed by atoms with van der Waals surface area (Å²) in [5.74, 6) is -0.585. The molecule has 0 aliphatic carbocycles. The van der Waals surface area contributed by atoms with E-state index < -0.39 is 5.97 Å². The first kappa shape index (κ1) is 14.4. The summed E-state index contributed by atoms with van der Waals surface area (Å²) in [6, 6.07) is 5.13. The average Bonchev–Trinajstić information content (AvgIpc) is 2.73. The number of ether oxygens (including phenoxy) is 1. The lowest BCUT2D eigenvalue weighted by Gasteiger charge is -2.03. The van der Waals surface area contributed by atoms with Crippen molar-refractivity contribution in [2.24, 2.45) is 0 Å². The molecular weight excluding hydrogens is 282 g/mol. The third-order valence-electron chi connectivity index (χ3n) is 3.01. The minimum absolute atomic E-state index is 0.00563. The van der Waals surface area contributed by atoms with Crippen LogP contribution in [-0.4, -0.2) is 28.5 Å². The van der Waals surface area contributed by atoms with Crippen molar-refractivity contribution in [1.29, 1.82) is 0 Å². The molecule has 0 aliphatic rings. The minimum Gasteiger partial charge on any atom is -0.494 e.